The molecule has 0 saturated heterocycles. The average molecular weight is 240 g/mol. The van der Waals surface area contributed by atoms with E-state index >= 15 is 0 Å². The van der Waals surface area contributed by atoms with Gasteiger partial charge in [0, 0.05) is 5.02 Å². The van der Waals surface area contributed by atoms with Crippen LogP contribution in [0.4, 0.5) is 0 Å². The molecule has 0 atom stereocenters. The van der Waals surface area contributed by atoms with Crippen molar-refractivity contribution < 1.29 is 4.74 Å². The molecule has 0 fully saturated rings. The van der Waals surface area contributed by atoms with E-state index in [1.807, 2.05) is 12.1 Å². The number of benzene rings is 1. The van der Waals surface area contributed by atoms with Crippen molar-refractivity contribution in [3.63, 3.8) is 0 Å². The summed E-state index contributed by atoms with van der Waals surface area (Å²) in [5, 5.41) is 0.826. The van der Waals surface area contributed by atoms with Gasteiger partial charge in [-0.3, -0.25) is 0 Å². The maximum absolute atomic E-state index is 6.11. The second kappa shape index (κ2) is 5.55. The largest absolute Gasteiger partial charge is 0.493 e. The van der Waals surface area contributed by atoms with Gasteiger partial charge in [0.1, 0.15) is 5.75 Å². The molecular formula is C13H18ClNO. The molecule has 0 saturated carbocycles. The Morgan fingerprint density at radius 2 is 2.19 bits per heavy atom. The Labute approximate surface area is 102 Å². The molecular weight excluding hydrogens is 222 g/mol. The summed E-state index contributed by atoms with van der Waals surface area (Å²) in [7, 11) is 0. The summed E-state index contributed by atoms with van der Waals surface area (Å²) in [5.41, 5.74) is 8.01. The second-order valence-corrected chi connectivity index (χ2v) is 4.69. The van der Waals surface area contributed by atoms with E-state index in [0.717, 1.165) is 56.0 Å². The standard InChI is InChI=1S/C13H18ClNO/c14-12-8-10(4-1-2-6-15)13-11(9-12)5-3-7-16-13/h8-9H,1-7,15H2. The Bertz CT molecular complexity index is 365. The molecule has 2 rings (SSSR count). The second-order valence-electron chi connectivity index (χ2n) is 4.25. The zero-order valence-electron chi connectivity index (χ0n) is 9.47. The van der Waals surface area contributed by atoms with Gasteiger partial charge in [0.15, 0.2) is 0 Å². The van der Waals surface area contributed by atoms with Crippen molar-refractivity contribution in [3.05, 3.63) is 28.3 Å². The Morgan fingerprint density at radius 3 is 3.00 bits per heavy atom. The molecule has 0 aliphatic carbocycles. The van der Waals surface area contributed by atoms with Crippen molar-refractivity contribution in [2.24, 2.45) is 5.73 Å². The molecule has 88 valence electrons. The van der Waals surface area contributed by atoms with Crippen molar-refractivity contribution in [1.29, 1.82) is 0 Å². The summed E-state index contributed by atoms with van der Waals surface area (Å²) in [6.45, 7) is 1.59. The maximum Gasteiger partial charge on any atom is 0.125 e. The van der Waals surface area contributed by atoms with E-state index in [4.69, 9.17) is 22.1 Å². The third-order valence-corrected chi connectivity index (χ3v) is 3.16. The number of rotatable bonds is 4. The Balaban J connectivity index is 2.18. The first kappa shape index (κ1) is 11.7. The third kappa shape index (κ3) is 2.69. The highest BCUT2D eigenvalue weighted by molar-refractivity contribution is 6.30. The topological polar surface area (TPSA) is 35.2 Å². The predicted molar refractivity (Wildman–Crippen MR) is 67.3 cm³/mol. The zero-order valence-corrected chi connectivity index (χ0v) is 10.2. The number of unbranched alkanes of at least 4 members (excludes halogenated alkanes) is 1. The Kier molecular flexibility index (Phi) is 4.08. The lowest BCUT2D eigenvalue weighted by Gasteiger charge is -2.21. The van der Waals surface area contributed by atoms with Crippen molar-refractivity contribution in [2.45, 2.75) is 32.1 Å². The van der Waals surface area contributed by atoms with E-state index in [1.165, 1.54) is 11.1 Å². The van der Waals surface area contributed by atoms with Crippen LogP contribution in [0.2, 0.25) is 5.02 Å². The molecule has 1 aromatic rings. The highest BCUT2D eigenvalue weighted by atomic mass is 35.5. The van der Waals surface area contributed by atoms with E-state index in [0.29, 0.717) is 0 Å². The molecule has 1 heterocycles. The van der Waals surface area contributed by atoms with Crippen LogP contribution >= 0.6 is 11.6 Å². The fourth-order valence-electron chi connectivity index (χ4n) is 2.17. The summed E-state index contributed by atoms with van der Waals surface area (Å²) in [6, 6.07) is 4.06. The fourth-order valence-corrected chi connectivity index (χ4v) is 2.43. The first-order valence-electron chi connectivity index (χ1n) is 5.95. The molecule has 1 aliphatic rings. The Morgan fingerprint density at radius 1 is 1.31 bits per heavy atom. The molecule has 0 spiro atoms. The fraction of sp³-hybridized carbons (Fsp3) is 0.538. The molecule has 1 aromatic carbocycles. The minimum Gasteiger partial charge on any atom is -0.493 e. The van der Waals surface area contributed by atoms with Gasteiger partial charge in [-0.15, -0.1) is 0 Å². The smallest absolute Gasteiger partial charge is 0.125 e. The van der Waals surface area contributed by atoms with E-state index in [2.05, 4.69) is 0 Å². The summed E-state index contributed by atoms with van der Waals surface area (Å²) >= 11 is 6.11. The number of aryl methyl sites for hydroxylation is 2. The molecule has 0 amide bonds. The number of hydrogen-bond donors (Lipinski definition) is 1. The van der Waals surface area contributed by atoms with E-state index < -0.39 is 0 Å². The van der Waals surface area contributed by atoms with Gasteiger partial charge in [-0.2, -0.15) is 0 Å². The molecule has 16 heavy (non-hydrogen) atoms. The highest BCUT2D eigenvalue weighted by Crippen LogP contribution is 2.33. The lowest BCUT2D eigenvalue weighted by atomic mass is 9.99. The first-order chi connectivity index (χ1) is 7.81. The van der Waals surface area contributed by atoms with Gasteiger partial charge in [-0.05, 0) is 61.9 Å². The third-order valence-electron chi connectivity index (χ3n) is 2.94. The summed E-state index contributed by atoms with van der Waals surface area (Å²) in [4.78, 5) is 0. The molecule has 0 radical (unpaired) electrons. The molecule has 0 aromatic heterocycles. The van der Waals surface area contributed by atoms with Gasteiger partial charge >= 0.3 is 0 Å². The van der Waals surface area contributed by atoms with Crippen LogP contribution in [-0.2, 0) is 12.8 Å². The number of halogens is 1. The van der Waals surface area contributed by atoms with Crippen molar-refractivity contribution in [2.75, 3.05) is 13.2 Å². The summed E-state index contributed by atoms with van der Waals surface area (Å²) in [6.07, 6.45) is 5.35. The Hall–Kier alpha value is -0.730. The zero-order chi connectivity index (χ0) is 11.4. The van der Waals surface area contributed by atoms with Gasteiger partial charge in [-0.25, -0.2) is 0 Å². The number of fused-ring (bicyclic) bond motifs is 1. The molecule has 0 bridgehead atoms. The van der Waals surface area contributed by atoms with E-state index in [1.54, 1.807) is 0 Å². The first-order valence-corrected chi connectivity index (χ1v) is 6.33. The van der Waals surface area contributed by atoms with Crippen LogP contribution in [-0.4, -0.2) is 13.2 Å². The molecule has 0 unspecified atom stereocenters. The van der Waals surface area contributed by atoms with Gasteiger partial charge < -0.3 is 10.5 Å². The number of nitrogens with two attached hydrogens (primary N) is 1. The lowest BCUT2D eigenvalue weighted by molar-refractivity contribution is 0.285. The average Bonchev–Trinajstić information content (AvgIpc) is 2.29. The van der Waals surface area contributed by atoms with Gasteiger partial charge in [-0.1, -0.05) is 11.6 Å². The van der Waals surface area contributed by atoms with Gasteiger partial charge in [0.2, 0.25) is 0 Å². The SMILES string of the molecule is NCCCCc1cc(Cl)cc2c1OCCC2. The van der Waals surface area contributed by atoms with Crippen molar-refractivity contribution in [1.82, 2.24) is 0 Å². The number of ether oxygens (including phenoxy) is 1. The minimum absolute atomic E-state index is 0.754. The van der Waals surface area contributed by atoms with Crippen molar-refractivity contribution in [3.8, 4) is 5.75 Å². The predicted octanol–water partition coefficient (Wildman–Crippen LogP) is 2.95. The quantitative estimate of drug-likeness (QED) is 0.820. The van der Waals surface area contributed by atoms with Crippen LogP contribution in [0.15, 0.2) is 12.1 Å². The van der Waals surface area contributed by atoms with E-state index in [-0.39, 0.29) is 0 Å². The molecule has 1 aliphatic heterocycles. The highest BCUT2D eigenvalue weighted by Gasteiger charge is 2.15. The molecule has 2 N–H and O–H groups in total. The van der Waals surface area contributed by atoms with Gasteiger partial charge in [0.25, 0.3) is 0 Å². The summed E-state index contributed by atoms with van der Waals surface area (Å²) < 4.78 is 5.75. The van der Waals surface area contributed by atoms with Crippen LogP contribution in [0.3, 0.4) is 0 Å². The lowest BCUT2D eigenvalue weighted by Crippen LogP contribution is -2.11. The number of hydrogen-bond acceptors (Lipinski definition) is 2. The van der Waals surface area contributed by atoms with E-state index in [9.17, 15) is 0 Å². The van der Waals surface area contributed by atoms with Crippen LogP contribution in [0.5, 0.6) is 5.75 Å². The van der Waals surface area contributed by atoms with Crippen LogP contribution in [0.25, 0.3) is 0 Å². The molecule has 2 nitrogen and oxygen atoms in total. The van der Waals surface area contributed by atoms with Crippen LogP contribution in [0, 0.1) is 0 Å². The normalized spacial score (nSPS) is 14.4. The molecule has 3 heteroatoms. The van der Waals surface area contributed by atoms with Crippen LogP contribution in [0.1, 0.15) is 30.4 Å². The minimum atomic E-state index is 0.754. The van der Waals surface area contributed by atoms with Crippen LogP contribution < -0.4 is 10.5 Å². The maximum atomic E-state index is 6.11. The van der Waals surface area contributed by atoms with Crippen molar-refractivity contribution >= 4 is 11.6 Å². The monoisotopic (exact) mass is 239 g/mol. The summed E-state index contributed by atoms with van der Waals surface area (Å²) in [5.74, 6) is 1.08. The van der Waals surface area contributed by atoms with Gasteiger partial charge in [0.05, 0.1) is 6.61 Å².